The maximum Gasteiger partial charge on any atom is 0.275 e. The minimum absolute atomic E-state index is 0.0317. The molecule has 1 aromatic heterocycles. The molecule has 0 radical (unpaired) electrons. The van der Waals surface area contributed by atoms with E-state index in [1.807, 2.05) is 0 Å². The van der Waals surface area contributed by atoms with Crippen molar-refractivity contribution in [3.8, 4) is 11.6 Å². The Balaban J connectivity index is 2.23. The average molecular weight is 320 g/mol. The van der Waals surface area contributed by atoms with Crippen molar-refractivity contribution in [3.05, 3.63) is 50.5 Å². The molecule has 0 fully saturated rings. The van der Waals surface area contributed by atoms with Gasteiger partial charge in [-0.25, -0.2) is 5.43 Å². The van der Waals surface area contributed by atoms with Crippen LogP contribution in [0.1, 0.15) is 15.9 Å². The van der Waals surface area contributed by atoms with E-state index >= 15 is 0 Å². The van der Waals surface area contributed by atoms with E-state index in [1.165, 1.54) is 23.7 Å². The van der Waals surface area contributed by atoms with Crippen molar-refractivity contribution in [2.24, 2.45) is 12.1 Å². The SMILES string of the molecule is Cn1c(O)c(C=NNC(=O)c2ccccc2O)c(=O)[nH]c1=S. The van der Waals surface area contributed by atoms with Crippen LogP contribution in [0.2, 0.25) is 0 Å². The summed E-state index contributed by atoms with van der Waals surface area (Å²) in [6, 6.07) is 5.93. The van der Waals surface area contributed by atoms with E-state index in [0.29, 0.717) is 0 Å². The van der Waals surface area contributed by atoms with Gasteiger partial charge in [0.05, 0.1) is 11.8 Å². The number of phenolic OH excluding ortho intramolecular Hbond substituents is 1. The van der Waals surface area contributed by atoms with Crippen LogP contribution in [0.4, 0.5) is 0 Å². The van der Waals surface area contributed by atoms with Crippen LogP contribution in [0.15, 0.2) is 34.2 Å². The third kappa shape index (κ3) is 3.04. The van der Waals surface area contributed by atoms with Crippen molar-refractivity contribution in [1.29, 1.82) is 0 Å². The molecule has 0 atom stereocenters. The van der Waals surface area contributed by atoms with Crippen LogP contribution in [-0.2, 0) is 7.05 Å². The van der Waals surface area contributed by atoms with E-state index in [-0.39, 0.29) is 27.5 Å². The minimum atomic E-state index is -0.658. The maximum absolute atomic E-state index is 11.8. The summed E-state index contributed by atoms with van der Waals surface area (Å²) in [6.45, 7) is 0. The zero-order valence-electron chi connectivity index (χ0n) is 11.4. The Labute approximate surface area is 129 Å². The number of aromatic amines is 1. The highest BCUT2D eigenvalue weighted by molar-refractivity contribution is 7.71. The number of nitrogens with one attached hydrogen (secondary N) is 2. The van der Waals surface area contributed by atoms with Gasteiger partial charge in [0.2, 0.25) is 5.88 Å². The van der Waals surface area contributed by atoms with Gasteiger partial charge in [0.15, 0.2) is 4.77 Å². The number of carbonyl (C=O) groups excluding carboxylic acids is 1. The van der Waals surface area contributed by atoms with E-state index in [9.17, 15) is 19.8 Å². The monoisotopic (exact) mass is 320 g/mol. The zero-order chi connectivity index (χ0) is 16.3. The Bertz CT molecular complexity index is 869. The number of carbonyl (C=O) groups is 1. The first-order chi connectivity index (χ1) is 10.4. The number of amides is 1. The number of hydrogen-bond acceptors (Lipinski definition) is 6. The van der Waals surface area contributed by atoms with Crippen LogP contribution in [0.3, 0.4) is 0 Å². The van der Waals surface area contributed by atoms with Crippen molar-refractivity contribution >= 4 is 24.3 Å². The Hall–Kier alpha value is -2.94. The summed E-state index contributed by atoms with van der Waals surface area (Å²) in [5.41, 5.74) is 1.38. The van der Waals surface area contributed by atoms with E-state index < -0.39 is 11.5 Å². The Morgan fingerprint density at radius 3 is 2.77 bits per heavy atom. The predicted octanol–water partition coefficient (Wildman–Crippen LogP) is 0.618. The number of rotatable bonds is 3. The Kier molecular flexibility index (Phi) is 4.37. The first kappa shape index (κ1) is 15.4. The molecule has 114 valence electrons. The zero-order valence-corrected chi connectivity index (χ0v) is 12.2. The molecule has 9 heteroatoms. The van der Waals surface area contributed by atoms with Crippen LogP contribution in [0.5, 0.6) is 11.6 Å². The van der Waals surface area contributed by atoms with Crippen molar-refractivity contribution in [2.75, 3.05) is 0 Å². The van der Waals surface area contributed by atoms with Gasteiger partial charge in [0, 0.05) is 7.05 Å². The van der Waals surface area contributed by atoms with Crippen molar-refractivity contribution in [3.63, 3.8) is 0 Å². The normalized spacial score (nSPS) is 10.8. The number of phenols is 1. The van der Waals surface area contributed by atoms with Gasteiger partial charge in [0.1, 0.15) is 11.3 Å². The summed E-state index contributed by atoms with van der Waals surface area (Å²) < 4.78 is 1.24. The van der Waals surface area contributed by atoms with Gasteiger partial charge in [-0.05, 0) is 24.4 Å². The summed E-state index contributed by atoms with van der Waals surface area (Å²) in [4.78, 5) is 25.8. The fourth-order valence-electron chi connectivity index (χ4n) is 1.62. The molecule has 0 saturated heterocycles. The van der Waals surface area contributed by atoms with Gasteiger partial charge in [-0.1, -0.05) is 12.1 Å². The van der Waals surface area contributed by atoms with Crippen LogP contribution < -0.4 is 11.0 Å². The highest BCUT2D eigenvalue weighted by atomic mass is 32.1. The number of hydrazone groups is 1. The molecule has 0 spiro atoms. The Morgan fingerprint density at radius 1 is 1.41 bits per heavy atom. The molecule has 2 rings (SSSR count). The molecule has 0 saturated carbocycles. The summed E-state index contributed by atoms with van der Waals surface area (Å²) in [7, 11) is 1.46. The number of aromatic nitrogens is 2. The van der Waals surface area contributed by atoms with Crippen LogP contribution in [0, 0.1) is 4.77 Å². The topological polar surface area (TPSA) is 120 Å². The summed E-state index contributed by atoms with van der Waals surface area (Å²) in [5, 5.41) is 22.9. The van der Waals surface area contributed by atoms with Crippen LogP contribution >= 0.6 is 12.2 Å². The molecular formula is C13H12N4O4S. The quantitative estimate of drug-likeness (QED) is 0.375. The van der Waals surface area contributed by atoms with Gasteiger partial charge in [-0.2, -0.15) is 5.10 Å². The lowest BCUT2D eigenvalue weighted by Crippen LogP contribution is -2.20. The molecule has 0 aliphatic rings. The lowest BCUT2D eigenvalue weighted by molar-refractivity contribution is 0.0952. The molecule has 8 nitrogen and oxygen atoms in total. The van der Waals surface area contributed by atoms with Crippen molar-refractivity contribution in [1.82, 2.24) is 15.0 Å². The molecule has 4 N–H and O–H groups in total. The predicted molar refractivity (Wildman–Crippen MR) is 81.7 cm³/mol. The molecule has 0 unspecified atom stereocenters. The second kappa shape index (κ2) is 6.22. The molecule has 2 aromatic rings. The highest BCUT2D eigenvalue weighted by Gasteiger charge is 2.10. The van der Waals surface area contributed by atoms with Crippen LogP contribution in [0.25, 0.3) is 0 Å². The summed E-state index contributed by atoms with van der Waals surface area (Å²) in [5.74, 6) is -1.23. The van der Waals surface area contributed by atoms with E-state index in [4.69, 9.17) is 12.2 Å². The summed E-state index contributed by atoms with van der Waals surface area (Å²) in [6.07, 6.45) is 0.987. The van der Waals surface area contributed by atoms with Gasteiger partial charge in [-0.3, -0.25) is 19.1 Å². The Morgan fingerprint density at radius 2 is 2.09 bits per heavy atom. The highest BCUT2D eigenvalue weighted by Crippen LogP contribution is 2.15. The maximum atomic E-state index is 11.8. The molecular weight excluding hydrogens is 308 g/mol. The molecule has 1 amide bonds. The lowest BCUT2D eigenvalue weighted by Gasteiger charge is -2.05. The fourth-order valence-corrected chi connectivity index (χ4v) is 1.80. The first-order valence-electron chi connectivity index (χ1n) is 6.05. The average Bonchev–Trinajstić information content (AvgIpc) is 2.48. The first-order valence-corrected chi connectivity index (χ1v) is 6.46. The van der Waals surface area contributed by atoms with Crippen molar-refractivity contribution < 1.29 is 15.0 Å². The molecule has 0 aliphatic carbocycles. The standard InChI is InChI=1S/C13H12N4O4S/c1-17-12(21)8(10(19)15-13(17)22)6-14-16-11(20)7-4-2-3-5-9(7)18/h2-6,18,21H,1H3,(H,16,20)(H,15,19,22). The lowest BCUT2D eigenvalue weighted by atomic mass is 10.2. The molecule has 1 heterocycles. The molecule has 0 bridgehead atoms. The smallest absolute Gasteiger partial charge is 0.275 e. The van der Waals surface area contributed by atoms with E-state index in [0.717, 1.165) is 6.21 Å². The van der Waals surface area contributed by atoms with Crippen molar-refractivity contribution in [2.45, 2.75) is 0 Å². The second-order valence-electron chi connectivity index (χ2n) is 4.27. The van der Waals surface area contributed by atoms with E-state index in [1.54, 1.807) is 12.1 Å². The van der Waals surface area contributed by atoms with Crippen LogP contribution in [-0.4, -0.2) is 31.9 Å². The third-order valence-corrected chi connectivity index (χ3v) is 3.21. The number of para-hydroxylation sites is 1. The second-order valence-corrected chi connectivity index (χ2v) is 4.66. The summed E-state index contributed by atoms with van der Waals surface area (Å²) >= 11 is 4.83. The number of hydrogen-bond donors (Lipinski definition) is 4. The van der Waals surface area contributed by atoms with Gasteiger partial charge >= 0.3 is 0 Å². The number of nitrogens with zero attached hydrogens (tertiary/aromatic N) is 2. The van der Waals surface area contributed by atoms with E-state index in [2.05, 4.69) is 15.5 Å². The molecule has 1 aromatic carbocycles. The van der Waals surface area contributed by atoms with Gasteiger partial charge in [0.25, 0.3) is 11.5 Å². The number of aromatic hydroxyl groups is 2. The minimum Gasteiger partial charge on any atom is -0.507 e. The van der Waals surface area contributed by atoms with Gasteiger partial charge < -0.3 is 10.2 Å². The number of benzene rings is 1. The third-order valence-electron chi connectivity index (χ3n) is 2.84. The molecule has 0 aliphatic heterocycles. The fraction of sp³-hybridized carbons (Fsp3) is 0.0769. The van der Waals surface area contributed by atoms with Gasteiger partial charge in [-0.15, -0.1) is 0 Å². The molecule has 22 heavy (non-hydrogen) atoms. The largest absolute Gasteiger partial charge is 0.507 e. The number of H-pyrrole nitrogens is 1.